The van der Waals surface area contributed by atoms with E-state index in [0.29, 0.717) is 19.4 Å². The molecule has 0 atom stereocenters. The van der Waals surface area contributed by atoms with Gasteiger partial charge in [-0.2, -0.15) is 0 Å². The van der Waals surface area contributed by atoms with E-state index in [1.165, 1.54) is 0 Å². The van der Waals surface area contributed by atoms with E-state index in [2.05, 4.69) is 10.6 Å². The lowest BCUT2D eigenvalue weighted by atomic mass is 10.1. The first-order chi connectivity index (χ1) is 9.15. The fourth-order valence-corrected chi connectivity index (χ4v) is 1.57. The maximum atomic E-state index is 11.6. The van der Waals surface area contributed by atoms with Crippen molar-refractivity contribution in [2.75, 3.05) is 18.9 Å². The van der Waals surface area contributed by atoms with E-state index in [9.17, 15) is 9.59 Å². The quantitative estimate of drug-likeness (QED) is 0.331. The Morgan fingerprint density at radius 3 is 2.42 bits per heavy atom. The van der Waals surface area contributed by atoms with E-state index in [0.717, 1.165) is 11.3 Å². The summed E-state index contributed by atoms with van der Waals surface area (Å²) in [6.07, 6.45) is 1.00. The van der Waals surface area contributed by atoms with Crippen molar-refractivity contribution in [3.63, 3.8) is 0 Å². The van der Waals surface area contributed by atoms with Crippen molar-refractivity contribution in [2.45, 2.75) is 19.3 Å². The molecule has 0 aromatic heterocycles. The highest BCUT2D eigenvalue weighted by Crippen LogP contribution is 2.08. The molecule has 6 heteroatoms. The predicted octanol–water partition coefficient (Wildman–Crippen LogP) is 0.673. The van der Waals surface area contributed by atoms with E-state index in [1.807, 2.05) is 31.3 Å². The van der Waals surface area contributed by atoms with Crippen molar-refractivity contribution in [1.29, 1.82) is 0 Å². The summed E-state index contributed by atoms with van der Waals surface area (Å²) in [6.45, 7) is 0.418. The van der Waals surface area contributed by atoms with Crippen LogP contribution >= 0.6 is 0 Å². The van der Waals surface area contributed by atoms with Gasteiger partial charge in [-0.05, 0) is 24.1 Å². The van der Waals surface area contributed by atoms with Crippen molar-refractivity contribution in [2.24, 2.45) is 0 Å². The van der Waals surface area contributed by atoms with Crippen LogP contribution in [0.15, 0.2) is 24.3 Å². The Bertz CT molecular complexity index is 418. The molecule has 4 N–H and O–H groups in total. The van der Waals surface area contributed by atoms with Gasteiger partial charge in [0.25, 0.3) is 0 Å². The predicted molar refractivity (Wildman–Crippen MR) is 71.9 cm³/mol. The van der Waals surface area contributed by atoms with Crippen molar-refractivity contribution in [3.8, 4) is 0 Å². The summed E-state index contributed by atoms with van der Waals surface area (Å²) in [7, 11) is 1.84. The number of anilines is 1. The summed E-state index contributed by atoms with van der Waals surface area (Å²) >= 11 is 0. The van der Waals surface area contributed by atoms with Gasteiger partial charge in [0.1, 0.15) is 0 Å². The number of hydrogen-bond acceptors (Lipinski definition) is 4. The van der Waals surface area contributed by atoms with E-state index in [-0.39, 0.29) is 12.3 Å². The minimum atomic E-state index is -0.447. The molecule has 6 nitrogen and oxygen atoms in total. The number of hydrogen-bond donors (Lipinski definition) is 4. The van der Waals surface area contributed by atoms with Crippen LogP contribution in [0.4, 0.5) is 5.69 Å². The Morgan fingerprint density at radius 2 is 1.84 bits per heavy atom. The van der Waals surface area contributed by atoms with Gasteiger partial charge in [-0.25, -0.2) is 5.48 Å². The van der Waals surface area contributed by atoms with Crippen LogP contribution in [0.3, 0.4) is 0 Å². The van der Waals surface area contributed by atoms with Gasteiger partial charge in [-0.1, -0.05) is 12.1 Å². The maximum absolute atomic E-state index is 11.6. The average Bonchev–Trinajstić information content (AvgIpc) is 2.44. The summed E-state index contributed by atoms with van der Waals surface area (Å²) in [4.78, 5) is 22.3. The fraction of sp³-hybridized carbons (Fsp3) is 0.385. The van der Waals surface area contributed by atoms with Gasteiger partial charge in [0.05, 0.1) is 6.42 Å². The standard InChI is InChI=1S/C13H19N3O3/c1-14-11-6-4-10(5-7-11)9-13(18)15-8-2-3-12(17)16-19/h4-7,14,19H,2-3,8-9H2,1H3,(H,15,18)(H,16,17). The third-order valence-electron chi connectivity index (χ3n) is 2.63. The number of carbonyl (C=O) groups is 2. The molecule has 0 radical (unpaired) electrons. The molecule has 0 bridgehead atoms. The summed E-state index contributed by atoms with van der Waals surface area (Å²) in [5.74, 6) is -0.529. The van der Waals surface area contributed by atoms with Crippen LogP contribution in [0.2, 0.25) is 0 Å². The van der Waals surface area contributed by atoms with E-state index < -0.39 is 5.91 Å². The van der Waals surface area contributed by atoms with Gasteiger partial charge in [-0.3, -0.25) is 14.8 Å². The molecule has 104 valence electrons. The summed E-state index contributed by atoms with van der Waals surface area (Å²) < 4.78 is 0. The zero-order valence-corrected chi connectivity index (χ0v) is 10.9. The van der Waals surface area contributed by atoms with Gasteiger partial charge < -0.3 is 10.6 Å². The van der Waals surface area contributed by atoms with Crippen LogP contribution in [0.1, 0.15) is 18.4 Å². The molecule has 19 heavy (non-hydrogen) atoms. The molecule has 0 spiro atoms. The Hall–Kier alpha value is -2.08. The largest absolute Gasteiger partial charge is 0.388 e. The highest BCUT2D eigenvalue weighted by atomic mass is 16.5. The smallest absolute Gasteiger partial charge is 0.243 e. The summed E-state index contributed by atoms with van der Waals surface area (Å²) in [5, 5.41) is 14.0. The minimum Gasteiger partial charge on any atom is -0.388 e. The van der Waals surface area contributed by atoms with Crippen molar-refractivity contribution in [3.05, 3.63) is 29.8 Å². The number of rotatable bonds is 7. The Labute approximate surface area is 112 Å². The molecule has 1 aromatic rings. The van der Waals surface area contributed by atoms with Crippen LogP contribution in [-0.4, -0.2) is 30.6 Å². The normalized spacial score (nSPS) is 9.79. The lowest BCUT2D eigenvalue weighted by molar-refractivity contribution is -0.129. The third-order valence-corrected chi connectivity index (χ3v) is 2.63. The second-order valence-electron chi connectivity index (χ2n) is 4.11. The van der Waals surface area contributed by atoms with Crippen molar-refractivity contribution >= 4 is 17.5 Å². The number of carbonyl (C=O) groups excluding carboxylic acids is 2. The lowest BCUT2D eigenvalue weighted by Gasteiger charge is -2.06. The van der Waals surface area contributed by atoms with Gasteiger partial charge in [0.15, 0.2) is 0 Å². The molecule has 0 saturated carbocycles. The molecule has 0 heterocycles. The summed E-state index contributed by atoms with van der Waals surface area (Å²) in [6, 6.07) is 7.61. The average molecular weight is 265 g/mol. The van der Waals surface area contributed by atoms with Crippen molar-refractivity contribution < 1.29 is 14.8 Å². The maximum Gasteiger partial charge on any atom is 0.243 e. The van der Waals surface area contributed by atoms with Gasteiger partial charge in [0, 0.05) is 25.7 Å². The molecule has 1 aromatic carbocycles. The number of benzene rings is 1. The molecule has 0 aliphatic carbocycles. The van der Waals surface area contributed by atoms with Gasteiger partial charge in [-0.15, -0.1) is 0 Å². The molecule has 0 unspecified atom stereocenters. The van der Waals surface area contributed by atoms with Crippen LogP contribution in [0, 0.1) is 0 Å². The second-order valence-corrected chi connectivity index (χ2v) is 4.11. The Morgan fingerprint density at radius 1 is 1.16 bits per heavy atom. The van der Waals surface area contributed by atoms with E-state index >= 15 is 0 Å². The summed E-state index contributed by atoms with van der Waals surface area (Å²) in [5.41, 5.74) is 3.48. The van der Waals surface area contributed by atoms with Crippen LogP contribution in [0.5, 0.6) is 0 Å². The number of amides is 2. The van der Waals surface area contributed by atoms with Gasteiger partial charge in [0.2, 0.25) is 11.8 Å². The first-order valence-electron chi connectivity index (χ1n) is 6.12. The SMILES string of the molecule is CNc1ccc(CC(=O)NCCCC(=O)NO)cc1. The fourth-order valence-electron chi connectivity index (χ4n) is 1.57. The first-order valence-corrected chi connectivity index (χ1v) is 6.12. The van der Waals surface area contributed by atoms with E-state index in [1.54, 1.807) is 5.48 Å². The van der Waals surface area contributed by atoms with Crippen LogP contribution in [-0.2, 0) is 16.0 Å². The molecule has 0 saturated heterocycles. The molecule has 0 fully saturated rings. The minimum absolute atomic E-state index is 0.0818. The van der Waals surface area contributed by atoms with Crippen molar-refractivity contribution in [1.82, 2.24) is 10.8 Å². The molecular weight excluding hydrogens is 246 g/mol. The Balaban J connectivity index is 2.25. The zero-order chi connectivity index (χ0) is 14.1. The Kier molecular flexibility index (Phi) is 6.38. The first kappa shape index (κ1) is 15.0. The number of nitrogens with one attached hydrogen (secondary N) is 3. The lowest BCUT2D eigenvalue weighted by Crippen LogP contribution is -2.27. The highest BCUT2D eigenvalue weighted by molar-refractivity contribution is 5.79. The molecule has 0 aliphatic heterocycles. The van der Waals surface area contributed by atoms with E-state index in [4.69, 9.17) is 5.21 Å². The molecular formula is C13H19N3O3. The van der Waals surface area contributed by atoms with Gasteiger partial charge >= 0.3 is 0 Å². The number of hydroxylamine groups is 1. The highest BCUT2D eigenvalue weighted by Gasteiger charge is 2.04. The zero-order valence-electron chi connectivity index (χ0n) is 10.9. The molecule has 2 amide bonds. The monoisotopic (exact) mass is 265 g/mol. The second kappa shape index (κ2) is 8.10. The molecule has 1 rings (SSSR count). The molecule has 0 aliphatic rings. The topological polar surface area (TPSA) is 90.5 Å². The van der Waals surface area contributed by atoms with Crippen LogP contribution < -0.4 is 16.1 Å². The third kappa shape index (κ3) is 5.87. The van der Waals surface area contributed by atoms with Crippen LogP contribution in [0.25, 0.3) is 0 Å².